The minimum absolute atomic E-state index is 0.555. The highest BCUT2D eigenvalue weighted by Gasteiger charge is 2.20. The molecule has 10 nitrogen and oxygen atoms in total. The lowest BCUT2D eigenvalue weighted by Crippen LogP contribution is -2.30. The second-order valence-electron chi connectivity index (χ2n) is 24.8. The van der Waals surface area contributed by atoms with Crippen LogP contribution in [-0.2, 0) is 0 Å². The molecule has 0 saturated carbocycles. The number of hydrogen-bond acceptors (Lipinski definition) is 8. The van der Waals surface area contributed by atoms with Gasteiger partial charge in [-0.1, -0.05) is 272 Å². The fraction of sp³-hybridized carbons (Fsp3) is 0. The summed E-state index contributed by atoms with van der Waals surface area (Å²) in [6.07, 6.45) is 0. The molecule has 18 rings (SSSR count). The molecule has 0 fully saturated rings. The Labute approximate surface area is 593 Å². The van der Waals surface area contributed by atoms with Gasteiger partial charge in [0.15, 0.2) is 0 Å². The van der Waals surface area contributed by atoms with Gasteiger partial charge in [-0.2, -0.15) is 20.1 Å². The molecule has 2 N–H and O–H groups in total. The van der Waals surface area contributed by atoms with Gasteiger partial charge in [-0.3, -0.25) is 0 Å². The molecule has 0 saturated heterocycles. The average Bonchev–Trinajstić information content (AvgIpc) is 1.08. The van der Waals surface area contributed by atoms with E-state index in [9.17, 15) is 10.0 Å². The minimum atomic E-state index is -1.44. The van der Waals surface area contributed by atoms with Crippen LogP contribution in [0.3, 0.4) is 0 Å². The summed E-state index contributed by atoms with van der Waals surface area (Å²) < 4.78 is 0. The smallest absolute Gasteiger partial charge is 0.423 e. The lowest BCUT2D eigenvalue weighted by atomic mass is 9.76. The first kappa shape index (κ1) is 63.4. The molecule has 0 aliphatic carbocycles. The van der Waals surface area contributed by atoms with Crippen molar-refractivity contribution in [3.63, 3.8) is 0 Å². The van der Waals surface area contributed by atoms with Crippen LogP contribution in [0, 0.1) is 22.7 Å². The normalized spacial score (nSPS) is 11.1. The fourth-order valence-electron chi connectivity index (χ4n) is 13.4. The van der Waals surface area contributed by atoms with Gasteiger partial charge in [0, 0.05) is 5.56 Å². The predicted octanol–water partition coefficient (Wildman–Crippen LogP) is 20.9. The molecular weight excluding hydrogens is 1270 g/mol. The van der Waals surface area contributed by atoms with Crippen LogP contribution in [0.4, 0.5) is 0 Å². The zero-order valence-corrected chi connectivity index (χ0v) is 55.5. The maximum absolute atomic E-state index is 9.44. The van der Waals surface area contributed by atoms with Gasteiger partial charge in [0.05, 0.1) is 39.7 Å². The Morgan fingerprint density at radius 1 is 0.275 bits per heavy atom. The largest absolute Gasteiger partial charge is 0.489 e. The van der Waals surface area contributed by atoms with Gasteiger partial charge in [-0.25, -0.2) is 0 Å². The first-order valence-corrected chi connectivity index (χ1v) is 33.7. The van der Waals surface area contributed by atoms with Crippen LogP contribution in [0.25, 0.3) is 154 Å². The summed E-state index contributed by atoms with van der Waals surface area (Å²) in [5.74, 6) is 0. The zero-order valence-electron chi connectivity index (χ0n) is 54.8. The predicted molar refractivity (Wildman–Crippen MR) is 417 cm³/mol. The van der Waals surface area contributed by atoms with Crippen LogP contribution in [0.1, 0.15) is 11.1 Å². The van der Waals surface area contributed by atoms with Crippen molar-refractivity contribution < 1.29 is 10.0 Å². The fourth-order valence-corrected chi connectivity index (χ4v) is 13.7. The van der Waals surface area contributed by atoms with Gasteiger partial charge in [0.2, 0.25) is 0 Å². The Morgan fingerprint density at radius 3 is 1.01 bits per heavy atom. The molecule has 2 aromatic heterocycles. The first-order chi connectivity index (χ1) is 50.2. The van der Waals surface area contributed by atoms with E-state index in [-0.39, 0.29) is 0 Å². The van der Waals surface area contributed by atoms with Crippen molar-refractivity contribution >= 4 is 89.3 Å². The topological polar surface area (TPSA) is 149 Å². The van der Waals surface area contributed by atoms with Crippen LogP contribution in [0.15, 0.2) is 340 Å². The van der Waals surface area contributed by atoms with Crippen LogP contribution in [0.2, 0.25) is 5.02 Å². The summed E-state index contributed by atoms with van der Waals surface area (Å²) in [5.41, 5.74) is 22.3. The van der Waals surface area contributed by atoms with E-state index in [0.717, 1.165) is 127 Å². The van der Waals surface area contributed by atoms with Crippen molar-refractivity contribution in [1.29, 1.82) is 10.5 Å². The highest BCUT2D eigenvalue weighted by atomic mass is 35.5. The van der Waals surface area contributed by atoms with Crippen LogP contribution >= 0.6 is 11.6 Å². The quantitative estimate of drug-likeness (QED) is 0.102. The number of rotatable bonds is 10. The van der Waals surface area contributed by atoms with Gasteiger partial charge in [-0.15, -0.1) is 20.4 Å². The standard InChI is InChI=1S/C45H28N4.C31H19ClN4.C14H11BO2/c46-29-30-14-16-31(17-15-30)32-18-20-33(21-19-32)34-22-24-37(25-23-34)49-47-44-27-41(35-8-2-1-3-9-35)43(28-45(44)48-49)42-26-36-10-4-5-11-38(36)39-12-6-7-13-40(39)42;32-29-19-31-30(18-28(29)26-4-2-1-3-5-26)34-36(35-31)27-16-14-25(15-17-27)24-12-10-23(11-13-24)22-8-6-21(20-33)7-9-22;16-15(17)14-9-10-5-1-2-6-11(10)12-7-3-4-8-13(12)14/h1-28H;1-19H;1-9,16-17H. The maximum atomic E-state index is 9.44. The van der Waals surface area contributed by atoms with Crippen LogP contribution < -0.4 is 5.46 Å². The molecule has 0 unspecified atom stereocenters. The lowest BCUT2D eigenvalue weighted by Gasteiger charge is -2.15. The van der Waals surface area contributed by atoms with Gasteiger partial charge < -0.3 is 10.0 Å². The van der Waals surface area contributed by atoms with Crippen molar-refractivity contribution in [3.8, 4) is 101 Å². The molecule has 18 aromatic rings. The van der Waals surface area contributed by atoms with E-state index in [1.165, 1.54) is 27.1 Å². The Hall–Kier alpha value is -13.4. The number of hydrogen-bond donors (Lipinski definition) is 2. The van der Waals surface area contributed by atoms with Crippen molar-refractivity contribution in [1.82, 2.24) is 30.0 Å². The summed E-state index contributed by atoms with van der Waals surface area (Å²) in [7, 11) is -1.44. The van der Waals surface area contributed by atoms with Crippen molar-refractivity contribution in [3.05, 3.63) is 356 Å². The summed E-state index contributed by atoms with van der Waals surface area (Å²) >= 11 is 6.56. The molecular formula is C90H58BClN8O2. The third-order valence-electron chi connectivity index (χ3n) is 18.6. The molecule has 102 heavy (non-hydrogen) atoms. The Balaban J connectivity index is 0.000000132. The number of nitriles is 2. The highest BCUT2D eigenvalue weighted by molar-refractivity contribution is 6.62. The van der Waals surface area contributed by atoms with E-state index in [4.69, 9.17) is 37.4 Å². The SMILES string of the molecule is N#Cc1ccc(-c2ccc(-c3ccc(-n4nc5cc(-c6ccccc6)c(-c6cc7ccccc7c7ccccc67)cc5n4)cc3)cc2)cc1.N#Cc1ccc(-c2ccc(-c3ccc(-n4nc5cc(Cl)c(-c6ccccc6)cc5n4)cc3)cc2)cc1.OB(O)c1cc2ccccc2c2ccccc12. The number of halogens is 1. The molecule has 480 valence electrons. The van der Waals surface area contributed by atoms with Gasteiger partial charge >= 0.3 is 7.12 Å². The molecule has 0 bridgehead atoms. The first-order valence-electron chi connectivity index (χ1n) is 33.4. The average molecular weight is 1330 g/mol. The Bertz CT molecular complexity index is 6210. The van der Waals surface area contributed by atoms with E-state index in [1.54, 1.807) is 9.59 Å². The summed E-state index contributed by atoms with van der Waals surface area (Å²) in [4.78, 5) is 3.38. The molecule has 2 heterocycles. The van der Waals surface area contributed by atoms with Gasteiger partial charge in [0.1, 0.15) is 22.1 Å². The third-order valence-corrected chi connectivity index (χ3v) is 18.9. The number of nitrogens with zero attached hydrogens (tertiary/aromatic N) is 8. The third kappa shape index (κ3) is 12.8. The molecule has 0 amide bonds. The molecule has 0 spiro atoms. The molecule has 0 aliphatic rings. The van der Waals surface area contributed by atoms with Crippen LogP contribution in [-0.4, -0.2) is 47.2 Å². The van der Waals surface area contributed by atoms with E-state index in [1.807, 2.05) is 158 Å². The summed E-state index contributed by atoms with van der Waals surface area (Å²) in [6.45, 7) is 0. The summed E-state index contributed by atoms with van der Waals surface area (Å²) in [6, 6.07) is 119. The van der Waals surface area contributed by atoms with Crippen LogP contribution in [0.5, 0.6) is 0 Å². The van der Waals surface area contributed by atoms with Crippen molar-refractivity contribution in [2.45, 2.75) is 0 Å². The molecule has 12 heteroatoms. The van der Waals surface area contributed by atoms with Gasteiger partial charge in [0.25, 0.3) is 0 Å². The highest BCUT2D eigenvalue weighted by Crippen LogP contribution is 2.42. The van der Waals surface area contributed by atoms with E-state index < -0.39 is 7.12 Å². The molecule has 0 atom stereocenters. The number of aromatic nitrogens is 6. The second-order valence-corrected chi connectivity index (χ2v) is 25.2. The minimum Gasteiger partial charge on any atom is -0.423 e. The van der Waals surface area contributed by atoms with E-state index in [2.05, 4.69) is 199 Å². The number of fused-ring (bicyclic) bond motifs is 8. The van der Waals surface area contributed by atoms with Crippen molar-refractivity contribution in [2.75, 3.05) is 0 Å². The Kier molecular flexibility index (Phi) is 17.3. The van der Waals surface area contributed by atoms with Gasteiger partial charge in [-0.05, 0) is 200 Å². The molecule has 0 radical (unpaired) electrons. The summed E-state index contributed by atoms with van der Waals surface area (Å²) in [5, 5.41) is 65.9. The van der Waals surface area contributed by atoms with E-state index in [0.29, 0.717) is 21.6 Å². The lowest BCUT2D eigenvalue weighted by molar-refractivity contribution is 0.426. The van der Waals surface area contributed by atoms with Crippen molar-refractivity contribution in [2.24, 2.45) is 0 Å². The number of benzene rings is 16. The Morgan fingerprint density at radius 2 is 0.588 bits per heavy atom. The molecule has 16 aromatic carbocycles. The zero-order chi connectivity index (χ0) is 69.0. The second kappa shape index (κ2) is 27.9. The van der Waals surface area contributed by atoms with E-state index >= 15 is 0 Å². The maximum Gasteiger partial charge on any atom is 0.489 e. The molecule has 0 aliphatic heterocycles. The monoisotopic (exact) mass is 1330 g/mol.